The minimum atomic E-state index is -0.390. The highest BCUT2D eigenvalue weighted by Crippen LogP contribution is 2.14. The molecule has 1 amide bonds. The van der Waals surface area contributed by atoms with E-state index < -0.39 is 5.91 Å². The Morgan fingerprint density at radius 1 is 1.25 bits per heavy atom. The van der Waals surface area contributed by atoms with Crippen LogP contribution in [0.3, 0.4) is 0 Å². The Hall–Kier alpha value is -1.16. The lowest BCUT2D eigenvalue weighted by molar-refractivity contribution is 0.100. The molecule has 0 unspecified atom stereocenters. The Morgan fingerprint density at radius 2 is 2.00 bits per heavy atom. The maximum Gasteiger partial charge on any atom is 0.250 e. The molecule has 0 saturated heterocycles. The highest BCUT2D eigenvalue weighted by atomic mass is 32.1. The number of unbranched alkanes of at least 4 members (excludes halogenated alkanes) is 2. The van der Waals surface area contributed by atoms with Gasteiger partial charge < -0.3 is 11.1 Å². The number of hydrogen-bond donors (Lipinski definition) is 3. The summed E-state index contributed by atoms with van der Waals surface area (Å²) in [6.45, 7) is 0.859. The zero-order chi connectivity index (χ0) is 11.8. The molecule has 88 valence electrons. The van der Waals surface area contributed by atoms with Gasteiger partial charge >= 0.3 is 0 Å². The normalized spacial score (nSPS) is 10.1. The minimum absolute atomic E-state index is 0.390. The number of rotatable bonds is 7. The van der Waals surface area contributed by atoms with Gasteiger partial charge in [0.05, 0.1) is 5.56 Å². The van der Waals surface area contributed by atoms with E-state index in [9.17, 15) is 4.79 Å². The average molecular weight is 238 g/mol. The topological polar surface area (TPSA) is 55.1 Å². The third-order valence-corrected chi connectivity index (χ3v) is 2.66. The monoisotopic (exact) mass is 238 g/mol. The molecule has 3 N–H and O–H groups in total. The molecule has 1 aromatic carbocycles. The number of carbonyl (C=O) groups is 1. The quantitative estimate of drug-likeness (QED) is 0.504. The lowest BCUT2D eigenvalue weighted by Crippen LogP contribution is -2.14. The number of hydrogen-bond acceptors (Lipinski definition) is 3. The fraction of sp³-hybridized carbons (Fsp3) is 0.417. The molecule has 1 aromatic rings. The van der Waals surface area contributed by atoms with Gasteiger partial charge in [0.1, 0.15) is 0 Å². The summed E-state index contributed by atoms with van der Waals surface area (Å²) in [6, 6.07) is 7.31. The van der Waals surface area contributed by atoms with E-state index in [-0.39, 0.29) is 0 Å². The van der Waals surface area contributed by atoms with E-state index in [2.05, 4.69) is 17.9 Å². The standard InChI is InChI=1S/C12H18N2OS/c13-12(15)10-6-2-3-7-11(10)14-8-4-1-5-9-16/h2-3,6-7,14,16H,1,4-5,8-9H2,(H2,13,15). The molecule has 0 fully saturated rings. The minimum Gasteiger partial charge on any atom is -0.384 e. The van der Waals surface area contributed by atoms with Crippen molar-refractivity contribution in [2.24, 2.45) is 5.73 Å². The first-order valence-electron chi connectivity index (χ1n) is 5.49. The van der Waals surface area contributed by atoms with Gasteiger partial charge in [-0.15, -0.1) is 0 Å². The van der Waals surface area contributed by atoms with E-state index in [1.807, 2.05) is 18.2 Å². The number of nitrogens with two attached hydrogens (primary N) is 1. The van der Waals surface area contributed by atoms with Crippen LogP contribution in [0.25, 0.3) is 0 Å². The lowest BCUT2D eigenvalue weighted by atomic mass is 10.1. The van der Waals surface area contributed by atoms with Gasteiger partial charge in [-0.05, 0) is 30.7 Å². The molecule has 0 spiro atoms. The Kier molecular flexibility index (Phi) is 5.78. The number of thiol groups is 1. The van der Waals surface area contributed by atoms with Crippen molar-refractivity contribution in [3.05, 3.63) is 29.8 Å². The first-order valence-corrected chi connectivity index (χ1v) is 6.12. The van der Waals surface area contributed by atoms with Crippen molar-refractivity contribution < 1.29 is 4.79 Å². The van der Waals surface area contributed by atoms with Crippen molar-refractivity contribution in [1.82, 2.24) is 0 Å². The molecule has 1 rings (SSSR count). The van der Waals surface area contributed by atoms with Crippen LogP contribution in [0.4, 0.5) is 5.69 Å². The summed E-state index contributed by atoms with van der Waals surface area (Å²) in [5, 5.41) is 3.23. The Bertz CT molecular complexity index is 342. The molecular formula is C12H18N2OS. The van der Waals surface area contributed by atoms with E-state index in [0.717, 1.165) is 37.2 Å². The Morgan fingerprint density at radius 3 is 2.69 bits per heavy atom. The molecule has 4 heteroatoms. The van der Waals surface area contributed by atoms with Crippen molar-refractivity contribution in [1.29, 1.82) is 0 Å². The van der Waals surface area contributed by atoms with Gasteiger partial charge in [0.15, 0.2) is 0 Å². The predicted molar refractivity (Wildman–Crippen MR) is 71.2 cm³/mol. The number of benzene rings is 1. The third kappa shape index (κ3) is 4.14. The highest BCUT2D eigenvalue weighted by molar-refractivity contribution is 7.80. The second-order valence-electron chi connectivity index (χ2n) is 3.62. The van der Waals surface area contributed by atoms with Crippen LogP contribution in [0.1, 0.15) is 29.6 Å². The highest BCUT2D eigenvalue weighted by Gasteiger charge is 2.05. The average Bonchev–Trinajstić information content (AvgIpc) is 2.29. The van der Waals surface area contributed by atoms with Crippen LogP contribution < -0.4 is 11.1 Å². The molecule has 0 radical (unpaired) electrons. The van der Waals surface area contributed by atoms with Gasteiger partial charge in [-0.2, -0.15) is 12.6 Å². The first-order chi connectivity index (χ1) is 7.75. The summed E-state index contributed by atoms with van der Waals surface area (Å²) >= 11 is 4.15. The molecule has 3 nitrogen and oxygen atoms in total. The predicted octanol–water partition coefficient (Wildman–Crippen LogP) is 2.30. The Labute approximate surface area is 102 Å². The molecule has 0 atom stereocenters. The van der Waals surface area contributed by atoms with Crippen molar-refractivity contribution in [3.63, 3.8) is 0 Å². The molecule has 16 heavy (non-hydrogen) atoms. The SMILES string of the molecule is NC(=O)c1ccccc1NCCCCCS. The maximum absolute atomic E-state index is 11.1. The molecule has 0 aromatic heterocycles. The van der Waals surface area contributed by atoms with Gasteiger partial charge in [0.25, 0.3) is 5.91 Å². The molecule has 0 aliphatic carbocycles. The van der Waals surface area contributed by atoms with Crippen LogP contribution in [0.5, 0.6) is 0 Å². The van der Waals surface area contributed by atoms with Gasteiger partial charge in [-0.3, -0.25) is 4.79 Å². The van der Waals surface area contributed by atoms with E-state index >= 15 is 0 Å². The summed E-state index contributed by atoms with van der Waals surface area (Å²) in [6.07, 6.45) is 3.35. The number of para-hydroxylation sites is 1. The van der Waals surface area contributed by atoms with Crippen molar-refractivity contribution in [3.8, 4) is 0 Å². The second kappa shape index (κ2) is 7.17. The third-order valence-electron chi connectivity index (χ3n) is 2.34. The fourth-order valence-electron chi connectivity index (χ4n) is 1.49. The second-order valence-corrected chi connectivity index (χ2v) is 4.07. The fourth-order valence-corrected chi connectivity index (χ4v) is 1.71. The van der Waals surface area contributed by atoms with Crippen LogP contribution in [0, 0.1) is 0 Å². The van der Waals surface area contributed by atoms with E-state index in [1.165, 1.54) is 0 Å². The lowest BCUT2D eigenvalue weighted by Gasteiger charge is -2.09. The summed E-state index contributed by atoms with van der Waals surface area (Å²) in [5.41, 5.74) is 6.65. The van der Waals surface area contributed by atoms with Crippen LogP contribution in [-0.2, 0) is 0 Å². The van der Waals surface area contributed by atoms with Crippen LogP contribution in [0.2, 0.25) is 0 Å². The number of carbonyl (C=O) groups excluding carboxylic acids is 1. The maximum atomic E-state index is 11.1. The van der Waals surface area contributed by atoms with Crippen molar-refractivity contribution in [2.45, 2.75) is 19.3 Å². The molecule has 0 saturated carbocycles. The zero-order valence-electron chi connectivity index (χ0n) is 9.28. The Balaban J connectivity index is 2.44. The largest absolute Gasteiger partial charge is 0.384 e. The van der Waals surface area contributed by atoms with E-state index in [4.69, 9.17) is 5.73 Å². The number of amides is 1. The molecule has 0 bridgehead atoms. The summed E-state index contributed by atoms with van der Waals surface area (Å²) in [4.78, 5) is 11.1. The molecule has 0 aliphatic heterocycles. The van der Waals surface area contributed by atoms with Gasteiger partial charge in [-0.25, -0.2) is 0 Å². The van der Waals surface area contributed by atoms with Crippen molar-refractivity contribution >= 4 is 24.2 Å². The van der Waals surface area contributed by atoms with Gasteiger partial charge in [-0.1, -0.05) is 18.6 Å². The first kappa shape index (κ1) is 12.9. The van der Waals surface area contributed by atoms with Gasteiger partial charge in [0, 0.05) is 12.2 Å². The summed E-state index contributed by atoms with van der Waals surface area (Å²) < 4.78 is 0. The molecule has 0 heterocycles. The summed E-state index contributed by atoms with van der Waals surface area (Å²) in [5.74, 6) is 0.538. The number of primary amides is 1. The van der Waals surface area contributed by atoms with Crippen LogP contribution in [-0.4, -0.2) is 18.2 Å². The molecule has 0 aliphatic rings. The van der Waals surface area contributed by atoms with Crippen molar-refractivity contribution in [2.75, 3.05) is 17.6 Å². The van der Waals surface area contributed by atoms with Gasteiger partial charge in [0.2, 0.25) is 0 Å². The number of anilines is 1. The van der Waals surface area contributed by atoms with E-state index in [0.29, 0.717) is 5.56 Å². The van der Waals surface area contributed by atoms with Crippen LogP contribution in [0.15, 0.2) is 24.3 Å². The molecular weight excluding hydrogens is 220 g/mol. The van der Waals surface area contributed by atoms with E-state index in [1.54, 1.807) is 6.07 Å². The van der Waals surface area contributed by atoms with Crippen LogP contribution >= 0.6 is 12.6 Å². The smallest absolute Gasteiger partial charge is 0.250 e. The summed E-state index contributed by atoms with van der Waals surface area (Å²) in [7, 11) is 0. The number of nitrogens with one attached hydrogen (secondary N) is 1. The zero-order valence-corrected chi connectivity index (χ0v) is 10.2.